The molecule has 4 saturated carbocycles. The lowest BCUT2D eigenvalue weighted by atomic mass is 9.44. The zero-order valence-corrected chi connectivity index (χ0v) is 19.9. The van der Waals surface area contributed by atoms with Crippen LogP contribution in [0, 0.1) is 52.3 Å². The quantitative estimate of drug-likeness (QED) is 0.495. The molecule has 0 heterocycles. The summed E-state index contributed by atoms with van der Waals surface area (Å²) in [4.78, 5) is 0. The first-order chi connectivity index (χ1) is 13.6. The van der Waals surface area contributed by atoms with Gasteiger partial charge in [0.15, 0.2) is 5.79 Å². The van der Waals surface area contributed by atoms with Crippen molar-refractivity contribution in [2.75, 3.05) is 0 Å². The summed E-state index contributed by atoms with van der Waals surface area (Å²) in [6.07, 6.45) is 15.2. The van der Waals surface area contributed by atoms with Crippen LogP contribution in [0.5, 0.6) is 0 Å². The molecule has 4 aliphatic carbocycles. The summed E-state index contributed by atoms with van der Waals surface area (Å²) in [5.74, 6) is 2.71. The molecule has 4 fully saturated rings. The fourth-order valence-electron chi connectivity index (χ4n) is 9.51. The van der Waals surface area contributed by atoms with E-state index in [-0.39, 0.29) is 11.3 Å². The van der Waals surface area contributed by atoms with Gasteiger partial charge in [0.25, 0.3) is 0 Å². The van der Waals surface area contributed by atoms with Crippen molar-refractivity contribution in [1.82, 2.24) is 0 Å². The maximum absolute atomic E-state index is 11.3. The first kappa shape index (κ1) is 22.1. The zero-order valence-electron chi connectivity index (χ0n) is 19.9. The highest BCUT2D eigenvalue weighted by molar-refractivity contribution is 5.13. The minimum Gasteiger partial charge on any atom is -0.365 e. The highest BCUT2D eigenvalue weighted by atomic mass is 16.5. The van der Waals surface area contributed by atoms with Crippen LogP contribution in [0.15, 0.2) is 0 Å². The van der Waals surface area contributed by atoms with Crippen molar-refractivity contribution < 1.29 is 10.2 Å². The van der Waals surface area contributed by atoms with E-state index in [1.165, 1.54) is 64.2 Å². The predicted molar refractivity (Wildman–Crippen MR) is 120 cm³/mol. The second kappa shape index (κ2) is 7.80. The van der Waals surface area contributed by atoms with Gasteiger partial charge in [0.1, 0.15) is 0 Å². The maximum atomic E-state index is 11.3. The van der Waals surface area contributed by atoms with Crippen LogP contribution in [-0.2, 0) is 0 Å². The monoisotopic (exact) mass is 404 g/mol. The normalized spacial score (nSPS) is 47.4. The minimum atomic E-state index is -1.46. The molecule has 2 heteroatoms. The molecule has 4 rings (SSSR count). The average Bonchev–Trinajstić information content (AvgIpc) is 2.85. The summed E-state index contributed by atoms with van der Waals surface area (Å²) in [7, 11) is 0. The average molecular weight is 405 g/mol. The number of rotatable bonds is 5. The van der Waals surface area contributed by atoms with Gasteiger partial charge in [-0.3, -0.25) is 0 Å². The van der Waals surface area contributed by atoms with Crippen molar-refractivity contribution >= 4 is 0 Å². The summed E-state index contributed by atoms with van der Waals surface area (Å²) in [6, 6.07) is 0. The lowest BCUT2D eigenvalue weighted by molar-refractivity contribution is -0.211. The van der Waals surface area contributed by atoms with Gasteiger partial charge in [0, 0.05) is 12.3 Å². The van der Waals surface area contributed by atoms with Gasteiger partial charge >= 0.3 is 0 Å². The van der Waals surface area contributed by atoms with E-state index < -0.39 is 5.79 Å². The van der Waals surface area contributed by atoms with Crippen molar-refractivity contribution in [2.24, 2.45) is 52.3 Å². The van der Waals surface area contributed by atoms with E-state index in [1.807, 2.05) is 0 Å². The van der Waals surface area contributed by atoms with Crippen LogP contribution < -0.4 is 0 Å². The Morgan fingerprint density at radius 1 is 0.828 bits per heavy atom. The molecule has 168 valence electrons. The van der Waals surface area contributed by atoms with Gasteiger partial charge in [-0.25, -0.2) is 0 Å². The van der Waals surface area contributed by atoms with Gasteiger partial charge in [0.05, 0.1) is 0 Å². The fourth-order valence-corrected chi connectivity index (χ4v) is 9.51. The largest absolute Gasteiger partial charge is 0.365 e. The molecule has 8 atom stereocenters. The topological polar surface area (TPSA) is 40.5 Å². The Balaban J connectivity index is 1.55. The summed E-state index contributed by atoms with van der Waals surface area (Å²) in [5, 5.41) is 22.5. The molecule has 0 aromatic heterocycles. The minimum absolute atomic E-state index is 0.0463. The lowest BCUT2D eigenvalue weighted by Crippen LogP contribution is -2.53. The zero-order chi connectivity index (χ0) is 21.0. The molecule has 29 heavy (non-hydrogen) atoms. The first-order valence-corrected chi connectivity index (χ1v) is 13.0. The highest BCUT2D eigenvalue weighted by Crippen LogP contribution is 2.69. The number of fused-ring (bicyclic) bond motifs is 5. The third-order valence-electron chi connectivity index (χ3n) is 10.8. The van der Waals surface area contributed by atoms with Crippen molar-refractivity contribution in [1.29, 1.82) is 0 Å². The molecule has 2 nitrogen and oxygen atoms in total. The van der Waals surface area contributed by atoms with Gasteiger partial charge in [-0.1, -0.05) is 66.7 Å². The molecule has 0 radical (unpaired) electrons. The lowest BCUT2D eigenvalue weighted by Gasteiger charge is -2.60. The van der Waals surface area contributed by atoms with Crippen molar-refractivity contribution in [3.8, 4) is 0 Å². The Morgan fingerprint density at radius 3 is 2.31 bits per heavy atom. The molecule has 0 aliphatic heterocycles. The van der Waals surface area contributed by atoms with Crippen LogP contribution in [-0.4, -0.2) is 16.0 Å². The smallest absolute Gasteiger partial charge is 0.166 e. The Bertz CT molecular complexity index is 583. The number of hydrogen-bond donors (Lipinski definition) is 2. The van der Waals surface area contributed by atoms with E-state index in [0.29, 0.717) is 23.7 Å². The summed E-state index contributed by atoms with van der Waals surface area (Å²) in [5.41, 5.74) is 0.636. The summed E-state index contributed by atoms with van der Waals surface area (Å²) >= 11 is 0. The third kappa shape index (κ3) is 3.63. The predicted octanol–water partition coefficient (Wildman–Crippen LogP) is 6.79. The van der Waals surface area contributed by atoms with Gasteiger partial charge in [-0.2, -0.15) is 0 Å². The van der Waals surface area contributed by atoms with E-state index in [0.717, 1.165) is 30.1 Å². The SMILES string of the molecule is CC(C)CCC[C@@H](C)[C@H]1C(O)(O)C[C@H]2[C@@H]3CCC4CCCC[C@]4(C)[C@H]3CC[C@@]21C. The van der Waals surface area contributed by atoms with Crippen molar-refractivity contribution in [3.63, 3.8) is 0 Å². The molecular formula is C27H48O2. The fraction of sp³-hybridized carbons (Fsp3) is 1.00. The molecule has 4 aliphatic rings. The second-order valence-corrected chi connectivity index (χ2v) is 12.8. The standard InChI is InChI=1S/C27H48O2/c1-18(2)9-8-10-19(3)24-26(5)16-14-22-21(23(26)17-27(24,28)29)13-12-20-11-6-7-15-25(20,22)4/h18-24,28-29H,6-17H2,1-5H3/t19-,20?,21-,22+,23+,24-,25+,26+/m1/s1. The van der Waals surface area contributed by atoms with E-state index in [1.54, 1.807) is 0 Å². The molecule has 0 bridgehead atoms. The van der Waals surface area contributed by atoms with Gasteiger partial charge in [-0.05, 0) is 84.9 Å². The van der Waals surface area contributed by atoms with Gasteiger partial charge < -0.3 is 10.2 Å². The van der Waals surface area contributed by atoms with Crippen LogP contribution in [0.3, 0.4) is 0 Å². The molecule has 0 aromatic rings. The molecule has 2 N–H and O–H groups in total. The van der Waals surface area contributed by atoms with Gasteiger partial charge in [-0.15, -0.1) is 0 Å². The Kier molecular flexibility index (Phi) is 5.95. The second-order valence-electron chi connectivity index (χ2n) is 12.8. The molecule has 0 aromatic carbocycles. The molecule has 0 saturated heterocycles. The van der Waals surface area contributed by atoms with E-state index in [9.17, 15) is 10.2 Å². The Morgan fingerprint density at radius 2 is 1.59 bits per heavy atom. The molecular weight excluding hydrogens is 356 g/mol. The number of hydrogen-bond acceptors (Lipinski definition) is 2. The van der Waals surface area contributed by atoms with Crippen LogP contribution in [0.2, 0.25) is 0 Å². The third-order valence-corrected chi connectivity index (χ3v) is 10.8. The first-order valence-electron chi connectivity index (χ1n) is 13.0. The van der Waals surface area contributed by atoms with Crippen molar-refractivity contribution in [3.05, 3.63) is 0 Å². The Labute approximate surface area is 180 Å². The summed E-state index contributed by atoms with van der Waals surface area (Å²) < 4.78 is 0. The Hall–Kier alpha value is -0.0800. The van der Waals surface area contributed by atoms with E-state index >= 15 is 0 Å². The maximum Gasteiger partial charge on any atom is 0.166 e. The highest BCUT2D eigenvalue weighted by Gasteiger charge is 2.66. The van der Waals surface area contributed by atoms with Gasteiger partial charge in [0.2, 0.25) is 0 Å². The van der Waals surface area contributed by atoms with Crippen LogP contribution in [0.1, 0.15) is 112 Å². The van der Waals surface area contributed by atoms with Crippen molar-refractivity contribution in [2.45, 2.75) is 117 Å². The molecule has 0 amide bonds. The van der Waals surface area contributed by atoms with Crippen LogP contribution in [0.4, 0.5) is 0 Å². The summed E-state index contributed by atoms with van der Waals surface area (Å²) in [6.45, 7) is 12.0. The van der Waals surface area contributed by atoms with Crippen LogP contribution in [0.25, 0.3) is 0 Å². The van der Waals surface area contributed by atoms with Crippen LogP contribution >= 0.6 is 0 Å². The molecule has 1 unspecified atom stereocenters. The molecule has 0 spiro atoms. The van der Waals surface area contributed by atoms with E-state index in [4.69, 9.17) is 0 Å². The van der Waals surface area contributed by atoms with E-state index in [2.05, 4.69) is 34.6 Å². The number of aliphatic hydroxyl groups is 2.